The van der Waals surface area contributed by atoms with E-state index < -0.39 is 5.97 Å². The Morgan fingerprint density at radius 1 is 1.12 bits per heavy atom. The van der Waals surface area contributed by atoms with Crippen LogP contribution in [0.4, 0.5) is 5.95 Å². The van der Waals surface area contributed by atoms with E-state index in [-0.39, 0.29) is 12.4 Å². The lowest BCUT2D eigenvalue weighted by Gasteiger charge is -2.09. The number of rotatable bonds is 11. The van der Waals surface area contributed by atoms with Crippen LogP contribution in [-0.2, 0) is 11.3 Å². The molecule has 0 saturated heterocycles. The number of unbranched alkanes of at least 4 members (excludes halogenated alkanes) is 3. The predicted molar refractivity (Wildman–Crippen MR) is 119 cm³/mol. The highest BCUT2D eigenvalue weighted by Gasteiger charge is 2.15. The summed E-state index contributed by atoms with van der Waals surface area (Å²) >= 11 is 0. The SMILES string of the molecule is Nc1nc(-c2ccco2)c2cnn(Cc3cccc(OCCCCCCC(=O)O)c3)c2n1. The van der Waals surface area contributed by atoms with Crippen molar-refractivity contribution in [2.75, 3.05) is 12.3 Å². The highest BCUT2D eigenvalue weighted by atomic mass is 16.5. The third-order valence-electron chi connectivity index (χ3n) is 5.05. The fraction of sp³-hybridized carbons (Fsp3) is 0.304. The van der Waals surface area contributed by atoms with Gasteiger partial charge in [0, 0.05) is 6.42 Å². The molecule has 0 atom stereocenters. The van der Waals surface area contributed by atoms with Crippen LogP contribution < -0.4 is 10.5 Å². The van der Waals surface area contributed by atoms with Gasteiger partial charge in [-0.05, 0) is 42.7 Å². The number of carbonyl (C=O) groups is 1. The van der Waals surface area contributed by atoms with Crippen LogP contribution in [0.15, 0.2) is 53.3 Å². The zero-order chi connectivity index (χ0) is 22.3. The molecule has 1 aromatic carbocycles. The Balaban J connectivity index is 1.40. The predicted octanol–water partition coefficient (Wildman–Crippen LogP) is 4.13. The number of benzene rings is 1. The van der Waals surface area contributed by atoms with Crippen molar-refractivity contribution in [3.05, 3.63) is 54.4 Å². The molecule has 0 fully saturated rings. The Morgan fingerprint density at radius 2 is 2.00 bits per heavy atom. The summed E-state index contributed by atoms with van der Waals surface area (Å²) in [4.78, 5) is 19.2. The molecule has 0 saturated carbocycles. The second kappa shape index (κ2) is 9.95. The maximum absolute atomic E-state index is 10.5. The lowest BCUT2D eigenvalue weighted by molar-refractivity contribution is -0.137. The van der Waals surface area contributed by atoms with E-state index in [1.807, 2.05) is 30.3 Å². The van der Waals surface area contributed by atoms with Gasteiger partial charge in [-0.3, -0.25) is 4.79 Å². The molecule has 166 valence electrons. The minimum Gasteiger partial charge on any atom is -0.494 e. The number of nitrogens with zero attached hydrogens (tertiary/aromatic N) is 4. The van der Waals surface area contributed by atoms with Crippen molar-refractivity contribution in [2.45, 2.75) is 38.6 Å². The summed E-state index contributed by atoms with van der Waals surface area (Å²) in [5.41, 5.74) is 8.21. The highest BCUT2D eigenvalue weighted by molar-refractivity contribution is 5.89. The molecule has 0 bridgehead atoms. The molecular weight excluding hydrogens is 410 g/mol. The Labute approximate surface area is 184 Å². The largest absolute Gasteiger partial charge is 0.494 e. The molecule has 9 heteroatoms. The first-order valence-electron chi connectivity index (χ1n) is 10.6. The zero-order valence-electron chi connectivity index (χ0n) is 17.6. The van der Waals surface area contributed by atoms with Crippen molar-refractivity contribution in [2.24, 2.45) is 0 Å². The molecule has 0 amide bonds. The molecule has 9 nitrogen and oxygen atoms in total. The smallest absolute Gasteiger partial charge is 0.303 e. The highest BCUT2D eigenvalue weighted by Crippen LogP contribution is 2.27. The maximum Gasteiger partial charge on any atom is 0.303 e. The van der Waals surface area contributed by atoms with Crippen molar-refractivity contribution >= 4 is 23.0 Å². The molecule has 3 heterocycles. The number of carboxylic acids is 1. The Morgan fingerprint density at radius 3 is 2.81 bits per heavy atom. The summed E-state index contributed by atoms with van der Waals surface area (Å²) in [6, 6.07) is 11.5. The van der Waals surface area contributed by atoms with Crippen LogP contribution in [0.3, 0.4) is 0 Å². The monoisotopic (exact) mass is 435 g/mol. The van der Waals surface area contributed by atoms with Gasteiger partial charge in [0.25, 0.3) is 0 Å². The first-order chi connectivity index (χ1) is 15.6. The second-order valence-corrected chi connectivity index (χ2v) is 7.50. The van der Waals surface area contributed by atoms with E-state index in [1.54, 1.807) is 23.2 Å². The number of nitrogen functional groups attached to an aromatic ring is 1. The summed E-state index contributed by atoms with van der Waals surface area (Å²) in [7, 11) is 0. The van der Waals surface area contributed by atoms with Crippen LogP contribution in [-0.4, -0.2) is 37.4 Å². The van der Waals surface area contributed by atoms with Crippen molar-refractivity contribution in [3.8, 4) is 17.2 Å². The summed E-state index contributed by atoms with van der Waals surface area (Å²) < 4.78 is 13.1. The van der Waals surface area contributed by atoms with E-state index >= 15 is 0 Å². The average Bonchev–Trinajstić information content (AvgIpc) is 3.43. The number of fused-ring (bicyclic) bond motifs is 1. The van der Waals surface area contributed by atoms with Crippen LogP contribution >= 0.6 is 0 Å². The molecule has 4 aromatic rings. The van der Waals surface area contributed by atoms with Gasteiger partial charge in [0.2, 0.25) is 5.95 Å². The number of aromatic nitrogens is 4. The number of ether oxygens (including phenoxy) is 1. The number of anilines is 1. The molecule has 0 aliphatic rings. The number of nitrogens with two attached hydrogens (primary N) is 1. The standard InChI is InChI=1S/C23H25N5O4/c24-23-26-21(19-9-6-12-32-19)18-14-25-28(22(18)27-23)15-16-7-5-8-17(13-16)31-11-4-2-1-3-10-20(29)30/h5-9,12-14H,1-4,10-11,15H2,(H,29,30)(H2,24,26,27). The third-order valence-corrected chi connectivity index (χ3v) is 5.05. The fourth-order valence-corrected chi connectivity index (χ4v) is 3.52. The van der Waals surface area contributed by atoms with Gasteiger partial charge >= 0.3 is 5.97 Å². The quantitative estimate of drug-likeness (QED) is 0.336. The molecule has 32 heavy (non-hydrogen) atoms. The summed E-state index contributed by atoms with van der Waals surface area (Å²) in [6.45, 7) is 1.10. The van der Waals surface area contributed by atoms with Gasteiger partial charge in [0.05, 0.1) is 31.0 Å². The van der Waals surface area contributed by atoms with Crippen molar-refractivity contribution in [1.82, 2.24) is 19.7 Å². The van der Waals surface area contributed by atoms with Crippen LogP contribution in [0.5, 0.6) is 5.75 Å². The number of hydrogen-bond acceptors (Lipinski definition) is 7. The number of aliphatic carboxylic acids is 1. The third kappa shape index (κ3) is 5.23. The molecule has 3 N–H and O–H groups in total. The molecule has 0 spiro atoms. The van der Waals surface area contributed by atoms with Crippen LogP contribution in [0, 0.1) is 0 Å². The van der Waals surface area contributed by atoms with Gasteiger partial charge in [0.15, 0.2) is 11.4 Å². The van der Waals surface area contributed by atoms with E-state index in [1.165, 1.54) is 0 Å². The molecule has 0 radical (unpaired) electrons. The molecular formula is C23H25N5O4. The topological polar surface area (TPSA) is 129 Å². The summed E-state index contributed by atoms with van der Waals surface area (Å²) in [6.07, 6.45) is 6.98. The van der Waals surface area contributed by atoms with E-state index in [0.29, 0.717) is 36.7 Å². The van der Waals surface area contributed by atoms with E-state index in [4.69, 9.17) is 20.0 Å². The lowest BCUT2D eigenvalue weighted by atomic mass is 10.1. The van der Waals surface area contributed by atoms with Gasteiger partial charge in [-0.25, -0.2) is 9.67 Å². The van der Waals surface area contributed by atoms with Gasteiger partial charge in [0.1, 0.15) is 11.4 Å². The van der Waals surface area contributed by atoms with Gasteiger partial charge in [-0.1, -0.05) is 25.0 Å². The Bertz CT molecular complexity index is 1190. The van der Waals surface area contributed by atoms with Gasteiger partial charge in [-0.2, -0.15) is 10.1 Å². The molecule has 0 aliphatic carbocycles. The number of carboxylic acid groups (broad SMARTS) is 1. The van der Waals surface area contributed by atoms with Crippen molar-refractivity contribution in [1.29, 1.82) is 0 Å². The molecule has 0 aliphatic heterocycles. The lowest BCUT2D eigenvalue weighted by Crippen LogP contribution is -2.05. The maximum atomic E-state index is 10.5. The fourth-order valence-electron chi connectivity index (χ4n) is 3.52. The van der Waals surface area contributed by atoms with E-state index in [2.05, 4.69) is 15.1 Å². The molecule has 4 rings (SSSR count). The number of hydrogen-bond donors (Lipinski definition) is 2. The summed E-state index contributed by atoms with van der Waals surface area (Å²) in [5.74, 6) is 0.817. The van der Waals surface area contributed by atoms with Crippen LogP contribution in [0.25, 0.3) is 22.5 Å². The van der Waals surface area contributed by atoms with Crippen LogP contribution in [0.2, 0.25) is 0 Å². The van der Waals surface area contributed by atoms with E-state index in [0.717, 1.165) is 36.0 Å². The first kappa shape index (κ1) is 21.4. The van der Waals surface area contributed by atoms with Crippen molar-refractivity contribution < 1.29 is 19.1 Å². The van der Waals surface area contributed by atoms with Crippen LogP contribution in [0.1, 0.15) is 37.7 Å². The number of furan rings is 1. The van der Waals surface area contributed by atoms with E-state index in [9.17, 15) is 4.79 Å². The Hall–Kier alpha value is -3.88. The van der Waals surface area contributed by atoms with Gasteiger partial charge in [-0.15, -0.1) is 0 Å². The minimum atomic E-state index is -0.741. The molecule has 0 unspecified atom stereocenters. The van der Waals surface area contributed by atoms with Gasteiger partial charge < -0.3 is 20.0 Å². The molecule has 3 aromatic heterocycles. The first-order valence-corrected chi connectivity index (χ1v) is 10.6. The van der Waals surface area contributed by atoms with Crippen molar-refractivity contribution in [3.63, 3.8) is 0 Å². The average molecular weight is 435 g/mol. The Kier molecular flexibility index (Phi) is 6.64. The minimum absolute atomic E-state index is 0.158. The zero-order valence-corrected chi connectivity index (χ0v) is 17.6. The second-order valence-electron chi connectivity index (χ2n) is 7.50. The summed E-state index contributed by atoms with van der Waals surface area (Å²) in [5, 5.41) is 13.9. The normalized spacial score (nSPS) is 11.1.